The number of benzene rings is 4. The Morgan fingerprint density at radius 3 is 2.09 bits per heavy atom. The molecule has 0 unspecified atom stereocenters. The average Bonchev–Trinajstić information content (AvgIpc) is 2.87. The van der Waals surface area contributed by atoms with Crippen LogP contribution in [0, 0.1) is 12.7 Å². The maximum absolute atomic E-state index is 14.9. The molecule has 0 heterocycles. The third-order valence-electron chi connectivity index (χ3n) is 5.74. The van der Waals surface area contributed by atoms with E-state index < -0.39 is 5.97 Å². The lowest BCUT2D eigenvalue weighted by Crippen LogP contribution is -2.02. The number of ether oxygens (including phenoxy) is 1. The molecule has 0 bridgehead atoms. The summed E-state index contributed by atoms with van der Waals surface area (Å²) in [6.07, 6.45) is 1.15. The van der Waals surface area contributed by atoms with Crippen molar-refractivity contribution in [3.8, 4) is 33.4 Å². The Morgan fingerprint density at radius 2 is 1.44 bits per heavy atom. The number of halogens is 1. The molecule has 0 aliphatic carbocycles. The number of hydrogen-bond acceptors (Lipinski definition) is 3. The first-order valence-electron chi connectivity index (χ1n) is 11.0. The smallest absolute Gasteiger partial charge is 0.330 e. The Labute approximate surface area is 198 Å². The number of aliphatic hydroxyl groups is 1. The predicted molar refractivity (Wildman–Crippen MR) is 133 cm³/mol. The predicted octanol–water partition coefficient (Wildman–Crippen LogP) is 6.86. The van der Waals surface area contributed by atoms with Gasteiger partial charge in [-0.25, -0.2) is 9.18 Å². The van der Waals surface area contributed by atoms with Gasteiger partial charge in [-0.3, -0.25) is 0 Å². The summed E-state index contributed by atoms with van der Waals surface area (Å²) in [5, 5.41) is 9.20. The highest BCUT2D eigenvalue weighted by Crippen LogP contribution is 2.31. The summed E-state index contributed by atoms with van der Waals surface area (Å²) in [6, 6.07) is 26.3. The lowest BCUT2D eigenvalue weighted by molar-refractivity contribution is -0.138. The van der Waals surface area contributed by atoms with E-state index in [2.05, 4.69) is 6.58 Å². The minimum absolute atomic E-state index is 0.0399. The van der Waals surface area contributed by atoms with Crippen molar-refractivity contribution in [1.29, 1.82) is 0 Å². The Bertz CT molecular complexity index is 1320. The summed E-state index contributed by atoms with van der Waals surface area (Å²) >= 11 is 0. The Hall–Kier alpha value is -4.02. The minimum atomic E-state index is -0.461. The molecule has 0 amide bonds. The van der Waals surface area contributed by atoms with Gasteiger partial charge in [-0.05, 0) is 51.9 Å². The van der Waals surface area contributed by atoms with Crippen LogP contribution in [0.5, 0.6) is 0 Å². The van der Waals surface area contributed by atoms with Gasteiger partial charge in [0.25, 0.3) is 0 Å². The van der Waals surface area contributed by atoms with Crippen molar-refractivity contribution in [3.63, 3.8) is 0 Å². The number of carbonyl (C=O) groups is 1. The summed E-state index contributed by atoms with van der Waals surface area (Å²) in [7, 11) is 0. The van der Waals surface area contributed by atoms with Crippen molar-refractivity contribution >= 4 is 5.97 Å². The molecule has 0 aliphatic heterocycles. The molecule has 0 spiro atoms. The molecule has 170 valence electrons. The summed E-state index contributed by atoms with van der Waals surface area (Å²) < 4.78 is 20.2. The van der Waals surface area contributed by atoms with Gasteiger partial charge in [0.15, 0.2) is 0 Å². The molecule has 3 nitrogen and oxygen atoms in total. The Morgan fingerprint density at radius 1 is 0.853 bits per heavy atom. The maximum atomic E-state index is 14.9. The number of rotatable bonds is 7. The highest BCUT2D eigenvalue weighted by Gasteiger charge is 2.10. The Balaban J connectivity index is 1.59. The number of aliphatic hydroxyl groups excluding tert-OH is 1. The van der Waals surface area contributed by atoms with E-state index in [0.717, 1.165) is 50.6 Å². The fraction of sp³-hybridized carbons (Fsp3) is 0.100. The number of carbonyl (C=O) groups excluding carboxylic acids is 1. The molecule has 0 aliphatic rings. The van der Waals surface area contributed by atoms with Gasteiger partial charge in [0.2, 0.25) is 0 Å². The van der Waals surface area contributed by atoms with E-state index in [-0.39, 0.29) is 19.0 Å². The first-order chi connectivity index (χ1) is 16.5. The van der Waals surface area contributed by atoms with Crippen molar-refractivity contribution in [2.45, 2.75) is 20.1 Å². The molecule has 0 radical (unpaired) electrons. The van der Waals surface area contributed by atoms with Crippen LogP contribution in [0.1, 0.15) is 16.7 Å². The van der Waals surface area contributed by atoms with Crippen LogP contribution in [0.2, 0.25) is 0 Å². The zero-order valence-electron chi connectivity index (χ0n) is 18.9. The second kappa shape index (κ2) is 10.3. The molecule has 4 heteroatoms. The van der Waals surface area contributed by atoms with Gasteiger partial charge in [0.1, 0.15) is 12.4 Å². The maximum Gasteiger partial charge on any atom is 0.330 e. The molecule has 34 heavy (non-hydrogen) atoms. The number of esters is 1. The van der Waals surface area contributed by atoms with Gasteiger partial charge in [-0.15, -0.1) is 0 Å². The quantitative estimate of drug-likeness (QED) is 0.246. The molecule has 4 aromatic rings. The largest absolute Gasteiger partial charge is 0.458 e. The zero-order chi connectivity index (χ0) is 24.1. The molecule has 0 atom stereocenters. The molecule has 0 saturated heterocycles. The van der Waals surface area contributed by atoms with Crippen LogP contribution in [0.25, 0.3) is 33.4 Å². The Kier molecular flexibility index (Phi) is 7.00. The summed E-state index contributed by atoms with van der Waals surface area (Å²) in [5.74, 6) is -0.763. The first kappa shape index (κ1) is 23.1. The van der Waals surface area contributed by atoms with Crippen molar-refractivity contribution < 1.29 is 19.0 Å². The van der Waals surface area contributed by atoms with Crippen molar-refractivity contribution in [1.82, 2.24) is 0 Å². The van der Waals surface area contributed by atoms with E-state index >= 15 is 0 Å². The highest BCUT2D eigenvalue weighted by molar-refractivity contribution is 5.81. The van der Waals surface area contributed by atoms with Crippen molar-refractivity contribution in [3.05, 3.63) is 120 Å². The van der Waals surface area contributed by atoms with E-state index in [4.69, 9.17) is 4.74 Å². The lowest BCUT2D eigenvalue weighted by Gasteiger charge is -2.12. The second-order valence-corrected chi connectivity index (χ2v) is 8.10. The molecule has 0 saturated carbocycles. The monoisotopic (exact) mass is 452 g/mol. The molecule has 0 fully saturated rings. The third-order valence-corrected chi connectivity index (χ3v) is 5.74. The molecule has 1 N–H and O–H groups in total. The van der Waals surface area contributed by atoms with E-state index in [1.807, 2.05) is 67.6 Å². The third kappa shape index (κ3) is 5.13. The van der Waals surface area contributed by atoms with Crippen molar-refractivity contribution in [2.75, 3.05) is 0 Å². The van der Waals surface area contributed by atoms with E-state index in [1.54, 1.807) is 18.2 Å². The molecule has 4 rings (SSSR count). The summed E-state index contributed by atoms with van der Waals surface area (Å²) in [5.41, 5.74) is 7.69. The van der Waals surface area contributed by atoms with Crippen LogP contribution in [0.4, 0.5) is 4.39 Å². The first-order valence-corrected chi connectivity index (χ1v) is 11.0. The van der Waals surface area contributed by atoms with E-state index in [9.17, 15) is 14.3 Å². The SMILES string of the molecule is C=CC(=O)OCc1cc(C)ccc1-c1ccc(-c2ccc(-c3ccc(CO)cc3)c(F)c2)cc1. The molecular weight excluding hydrogens is 427 g/mol. The van der Waals surface area contributed by atoms with Gasteiger partial charge < -0.3 is 9.84 Å². The minimum Gasteiger partial charge on any atom is -0.458 e. The second-order valence-electron chi connectivity index (χ2n) is 8.10. The topological polar surface area (TPSA) is 46.5 Å². The van der Waals surface area contributed by atoms with Crippen LogP contribution in [-0.4, -0.2) is 11.1 Å². The van der Waals surface area contributed by atoms with E-state index in [1.165, 1.54) is 6.07 Å². The van der Waals surface area contributed by atoms with Crippen LogP contribution in [0.3, 0.4) is 0 Å². The standard InChI is InChI=1S/C30H25FO3/c1-3-30(33)34-19-26-16-20(2)4-14-27(26)23-11-9-22(10-12-23)25-13-15-28(29(31)17-25)24-7-5-21(18-32)6-8-24/h3-17,32H,1,18-19H2,2H3. The molecule has 4 aromatic carbocycles. The van der Waals surface area contributed by atoms with Gasteiger partial charge >= 0.3 is 5.97 Å². The molecular formula is C30H25FO3. The lowest BCUT2D eigenvalue weighted by atomic mass is 9.95. The number of hydrogen-bond donors (Lipinski definition) is 1. The highest BCUT2D eigenvalue weighted by atomic mass is 19.1. The van der Waals surface area contributed by atoms with Crippen LogP contribution in [-0.2, 0) is 22.7 Å². The van der Waals surface area contributed by atoms with E-state index in [0.29, 0.717) is 5.56 Å². The van der Waals surface area contributed by atoms with Crippen LogP contribution in [0.15, 0.2) is 97.6 Å². The van der Waals surface area contributed by atoms with Gasteiger partial charge in [-0.1, -0.05) is 91.0 Å². The van der Waals surface area contributed by atoms with Gasteiger partial charge in [-0.2, -0.15) is 0 Å². The van der Waals surface area contributed by atoms with Gasteiger partial charge in [0, 0.05) is 11.6 Å². The normalized spacial score (nSPS) is 10.7. The fourth-order valence-electron chi connectivity index (χ4n) is 3.89. The van der Waals surface area contributed by atoms with Crippen molar-refractivity contribution in [2.24, 2.45) is 0 Å². The van der Waals surface area contributed by atoms with Gasteiger partial charge in [0.05, 0.1) is 6.61 Å². The zero-order valence-corrected chi connectivity index (χ0v) is 18.9. The number of aryl methyl sites for hydroxylation is 1. The van der Waals surface area contributed by atoms with Crippen LogP contribution < -0.4 is 0 Å². The van der Waals surface area contributed by atoms with Crippen LogP contribution >= 0.6 is 0 Å². The fourth-order valence-corrected chi connectivity index (χ4v) is 3.89. The average molecular weight is 453 g/mol. The summed E-state index contributed by atoms with van der Waals surface area (Å²) in [6.45, 7) is 5.55. The summed E-state index contributed by atoms with van der Waals surface area (Å²) in [4.78, 5) is 11.5. The molecule has 0 aromatic heterocycles.